The van der Waals surface area contributed by atoms with Crippen molar-refractivity contribution in [2.75, 3.05) is 19.6 Å². The third-order valence-corrected chi connectivity index (χ3v) is 3.39. The van der Waals surface area contributed by atoms with Gasteiger partial charge in [-0.25, -0.2) is 0 Å². The third-order valence-electron chi connectivity index (χ3n) is 3.39. The first-order valence-corrected chi connectivity index (χ1v) is 7.40. The van der Waals surface area contributed by atoms with Crippen molar-refractivity contribution in [3.8, 4) is 0 Å². The number of carbonyl (C=O) groups excluding carboxylic acids is 2. The van der Waals surface area contributed by atoms with Gasteiger partial charge in [-0.1, -0.05) is 36.4 Å². The first-order valence-electron chi connectivity index (χ1n) is 7.40. The molecule has 2 aromatic carbocycles. The summed E-state index contributed by atoms with van der Waals surface area (Å²) in [6, 6.07) is 18.2. The fraction of sp³-hybridized carbons (Fsp3) is 0.222. The van der Waals surface area contributed by atoms with Crippen LogP contribution in [0.15, 0.2) is 60.7 Å². The summed E-state index contributed by atoms with van der Waals surface area (Å²) in [6.45, 7) is 3.46. The molecule has 1 N–H and O–H groups in total. The molecule has 4 heteroatoms. The van der Waals surface area contributed by atoms with Crippen LogP contribution in [0.2, 0.25) is 0 Å². The molecule has 0 heterocycles. The van der Waals surface area contributed by atoms with Crippen molar-refractivity contribution < 1.29 is 9.59 Å². The zero-order valence-corrected chi connectivity index (χ0v) is 12.7. The van der Waals surface area contributed by atoms with Gasteiger partial charge in [0.05, 0.1) is 0 Å². The van der Waals surface area contributed by atoms with Crippen molar-refractivity contribution in [1.29, 1.82) is 0 Å². The topological polar surface area (TPSA) is 49.4 Å². The van der Waals surface area contributed by atoms with Gasteiger partial charge in [-0.15, -0.1) is 0 Å². The summed E-state index contributed by atoms with van der Waals surface area (Å²) in [5.41, 5.74) is 1.29. The fourth-order valence-electron chi connectivity index (χ4n) is 2.16. The Kier molecular flexibility index (Phi) is 5.72. The van der Waals surface area contributed by atoms with E-state index in [-0.39, 0.29) is 11.8 Å². The fourth-order valence-corrected chi connectivity index (χ4v) is 2.16. The average Bonchev–Trinajstić information content (AvgIpc) is 2.59. The maximum absolute atomic E-state index is 12.3. The summed E-state index contributed by atoms with van der Waals surface area (Å²) in [5, 5.41) is 2.84. The maximum atomic E-state index is 12.3. The van der Waals surface area contributed by atoms with Gasteiger partial charge in [0, 0.05) is 30.8 Å². The zero-order valence-electron chi connectivity index (χ0n) is 12.7. The van der Waals surface area contributed by atoms with Crippen molar-refractivity contribution in [2.45, 2.75) is 6.92 Å². The number of hydrogen-bond acceptors (Lipinski definition) is 2. The van der Waals surface area contributed by atoms with E-state index < -0.39 is 0 Å². The Morgan fingerprint density at radius 3 is 2.00 bits per heavy atom. The van der Waals surface area contributed by atoms with Crippen molar-refractivity contribution >= 4 is 11.8 Å². The summed E-state index contributed by atoms with van der Waals surface area (Å²) in [6.07, 6.45) is 0. The van der Waals surface area contributed by atoms with Gasteiger partial charge in [0.2, 0.25) is 0 Å². The van der Waals surface area contributed by atoms with Gasteiger partial charge in [0.1, 0.15) is 0 Å². The van der Waals surface area contributed by atoms with Crippen LogP contribution in [-0.2, 0) is 0 Å². The van der Waals surface area contributed by atoms with Crippen LogP contribution in [0.25, 0.3) is 0 Å². The number of amides is 2. The lowest BCUT2D eigenvalue weighted by Gasteiger charge is -2.21. The smallest absolute Gasteiger partial charge is 0.253 e. The molecule has 0 radical (unpaired) electrons. The van der Waals surface area contributed by atoms with Crippen LogP contribution in [0.5, 0.6) is 0 Å². The van der Waals surface area contributed by atoms with Gasteiger partial charge in [-0.2, -0.15) is 0 Å². The van der Waals surface area contributed by atoms with E-state index in [4.69, 9.17) is 0 Å². The van der Waals surface area contributed by atoms with Crippen LogP contribution >= 0.6 is 0 Å². The summed E-state index contributed by atoms with van der Waals surface area (Å²) < 4.78 is 0. The Hall–Kier alpha value is -2.62. The van der Waals surface area contributed by atoms with Gasteiger partial charge in [0.25, 0.3) is 11.8 Å². The highest BCUT2D eigenvalue weighted by Gasteiger charge is 2.13. The molecule has 2 aromatic rings. The highest BCUT2D eigenvalue weighted by atomic mass is 16.2. The normalized spacial score (nSPS) is 10.0. The van der Waals surface area contributed by atoms with Crippen LogP contribution < -0.4 is 5.32 Å². The Labute approximate surface area is 130 Å². The number of nitrogens with one attached hydrogen (secondary N) is 1. The standard InChI is InChI=1S/C18H20N2O2/c1-2-20(18(22)16-11-7-4-8-12-16)14-13-19-17(21)15-9-5-3-6-10-15/h3-12H,2,13-14H2,1H3,(H,19,21). The van der Waals surface area contributed by atoms with E-state index in [0.717, 1.165) is 0 Å². The lowest BCUT2D eigenvalue weighted by atomic mass is 10.2. The van der Waals surface area contributed by atoms with Crippen molar-refractivity contribution in [3.05, 3.63) is 71.8 Å². The predicted molar refractivity (Wildman–Crippen MR) is 86.8 cm³/mol. The molecule has 2 amide bonds. The molecule has 0 spiro atoms. The first-order chi connectivity index (χ1) is 10.7. The molecule has 0 aliphatic heterocycles. The molecule has 0 aliphatic carbocycles. The molecule has 0 fully saturated rings. The highest BCUT2D eigenvalue weighted by molar-refractivity contribution is 5.95. The zero-order chi connectivity index (χ0) is 15.8. The van der Waals surface area contributed by atoms with Gasteiger partial charge in [-0.05, 0) is 31.2 Å². The quantitative estimate of drug-likeness (QED) is 0.890. The average molecular weight is 296 g/mol. The molecule has 0 unspecified atom stereocenters. The lowest BCUT2D eigenvalue weighted by molar-refractivity contribution is 0.0757. The molecular formula is C18H20N2O2. The first kappa shape index (κ1) is 15.8. The summed E-state index contributed by atoms with van der Waals surface area (Å²) >= 11 is 0. The molecule has 114 valence electrons. The lowest BCUT2D eigenvalue weighted by Crippen LogP contribution is -2.38. The van der Waals surface area contributed by atoms with Gasteiger partial charge in [-0.3, -0.25) is 9.59 Å². The number of nitrogens with zero attached hydrogens (tertiary/aromatic N) is 1. The number of carbonyl (C=O) groups is 2. The molecule has 0 saturated heterocycles. The predicted octanol–water partition coefficient (Wildman–Crippen LogP) is 2.58. The SMILES string of the molecule is CCN(CCNC(=O)c1ccccc1)C(=O)c1ccccc1. The summed E-state index contributed by atoms with van der Waals surface area (Å²) in [4.78, 5) is 26.0. The molecule has 0 saturated carbocycles. The molecule has 22 heavy (non-hydrogen) atoms. The second-order valence-electron chi connectivity index (χ2n) is 4.87. The highest BCUT2D eigenvalue weighted by Crippen LogP contribution is 2.04. The number of benzene rings is 2. The van der Waals surface area contributed by atoms with E-state index in [2.05, 4.69) is 5.32 Å². The van der Waals surface area contributed by atoms with Crippen molar-refractivity contribution in [1.82, 2.24) is 10.2 Å². The van der Waals surface area contributed by atoms with Crippen LogP contribution in [-0.4, -0.2) is 36.3 Å². The van der Waals surface area contributed by atoms with Crippen molar-refractivity contribution in [3.63, 3.8) is 0 Å². The van der Waals surface area contributed by atoms with Crippen LogP contribution in [0.3, 0.4) is 0 Å². The summed E-state index contributed by atoms with van der Waals surface area (Å²) in [5.74, 6) is -0.138. The third kappa shape index (κ3) is 4.19. The summed E-state index contributed by atoms with van der Waals surface area (Å²) in [7, 11) is 0. The number of likely N-dealkylation sites (N-methyl/N-ethyl adjacent to an activating group) is 1. The maximum Gasteiger partial charge on any atom is 0.253 e. The molecule has 0 bridgehead atoms. The Bertz CT molecular complexity index is 611. The van der Waals surface area contributed by atoms with E-state index in [1.807, 2.05) is 43.3 Å². The van der Waals surface area contributed by atoms with E-state index >= 15 is 0 Å². The molecule has 0 aliphatic rings. The minimum Gasteiger partial charge on any atom is -0.350 e. The molecular weight excluding hydrogens is 276 g/mol. The molecule has 0 aromatic heterocycles. The Balaban J connectivity index is 1.87. The van der Waals surface area contributed by atoms with E-state index in [0.29, 0.717) is 30.8 Å². The van der Waals surface area contributed by atoms with Gasteiger partial charge >= 0.3 is 0 Å². The molecule has 0 atom stereocenters. The molecule has 2 rings (SSSR count). The Morgan fingerprint density at radius 2 is 1.45 bits per heavy atom. The van der Waals surface area contributed by atoms with Crippen molar-refractivity contribution in [2.24, 2.45) is 0 Å². The minimum absolute atomic E-state index is 0.0166. The van der Waals surface area contributed by atoms with E-state index in [1.165, 1.54) is 0 Å². The van der Waals surface area contributed by atoms with E-state index in [9.17, 15) is 9.59 Å². The second-order valence-corrected chi connectivity index (χ2v) is 4.87. The van der Waals surface area contributed by atoms with Gasteiger partial charge in [0.15, 0.2) is 0 Å². The second kappa shape index (κ2) is 7.98. The molecule has 4 nitrogen and oxygen atoms in total. The largest absolute Gasteiger partial charge is 0.350 e. The number of hydrogen-bond donors (Lipinski definition) is 1. The van der Waals surface area contributed by atoms with E-state index in [1.54, 1.807) is 29.2 Å². The van der Waals surface area contributed by atoms with Crippen LogP contribution in [0, 0.1) is 0 Å². The Morgan fingerprint density at radius 1 is 0.909 bits per heavy atom. The number of rotatable bonds is 6. The van der Waals surface area contributed by atoms with Gasteiger partial charge < -0.3 is 10.2 Å². The van der Waals surface area contributed by atoms with Crippen LogP contribution in [0.1, 0.15) is 27.6 Å². The monoisotopic (exact) mass is 296 g/mol. The minimum atomic E-state index is -0.121. The van der Waals surface area contributed by atoms with Crippen LogP contribution in [0.4, 0.5) is 0 Å².